The number of alkyl halides is 3. The molecule has 0 aromatic heterocycles. The van der Waals surface area contributed by atoms with E-state index in [1.165, 1.54) is 6.07 Å². The number of para-hydroxylation sites is 1. The van der Waals surface area contributed by atoms with Crippen molar-refractivity contribution in [2.24, 2.45) is 0 Å². The predicted molar refractivity (Wildman–Crippen MR) is 86.6 cm³/mol. The fraction of sp³-hybridized carbons (Fsp3) is 0.188. The summed E-state index contributed by atoms with van der Waals surface area (Å²) in [6.45, 7) is 0.573. The van der Waals surface area contributed by atoms with Crippen LogP contribution in [0.25, 0.3) is 0 Å². The molecule has 1 aliphatic heterocycles. The van der Waals surface area contributed by atoms with Crippen LogP contribution < -0.4 is 20.3 Å². The molecule has 2 N–H and O–H groups in total. The standard InChI is InChI=1S/C16H12F3N3O5/c17-16(18,19)9-4-5-11(12(8-9)22(24)25)20-21-15(23)10-2-1-3-13-14(10)27-7-6-26-13/h1-5,8,20H,6-7H2,(H,21,23). The second-order valence-corrected chi connectivity index (χ2v) is 5.40. The van der Waals surface area contributed by atoms with Gasteiger partial charge in [0.2, 0.25) is 0 Å². The topological polar surface area (TPSA) is 103 Å². The van der Waals surface area contributed by atoms with Gasteiger partial charge >= 0.3 is 6.18 Å². The number of nitro groups is 1. The molecule has 3 rings (SSSR count). The second-order valence-electron chi connectivity index (χ2n) is 5.40. The molecular weight excluding hydrogens is 371 g/mol. The summed E-state index contributed by atoms with van der Waals surface area (Å²) in [5.74, 6) is -0.120. The molecule has 0 fully saturated rings. The summed E-state index contributed by atoms with van der Waals surface area (Å²) in [5.41, 5.74) is 2.28. The van der Waals surface area contributed by atoms with Crippen LogP contribution >= 0.6 is 0 Å². The number of nitro benzene ring substituents is 1. The van der Waals surface area contributed by atoms with E-state index < -0.39 is 28.3 Å². The van der Waals surface area contributed by atoms with Crippen molar-refractivity contribution in [1.82, 2.24) is 5.43 Å². The first-order valence-corrected chi connectivity index (χ1v) is 7.58. The van der Waals surface area contributed by atoms with Crippen LogP contribution in [0.4, 0.5) is 24.5 Å². The van der Waals surface area contributed by atoms with Crippen LogP contribution in [0.5, 0.6) is 11.5 Å². The van der Waals surface area contributed by atoms with Gasteiger partial charge in [0.25, 0.3) is 11.6 Å². The number of hydrogen-bond donors (Lipinski definition) is 2. The number of hydrogen-bond acceptors (Lipinski definition) is 6. The van der Waals surface area contributed by atoms with Crippen molar-refractivity contribution in [2.75, 3.05) is 18.6 Å². The zero-order valence-electron chi connectivity index (χ0n) is 13.5. The van der Waals surface area contributed by atoms with Gasteiger partial charge in [-0.25, -0.2) is 0 Å². The highest BCUT2D eigenvalue weighted by Crippen LogP contribution is 2.35. The third kappa shape index (κ3) is 3.86. The molecule has 0 unspecified atom stereocenters. The van der Waals surface area contributed by atoms with Gasteiger partial charge in [-0.15, -0.1) is 0 Å². The highest BCUT2D eigenvalue weighted by Gasteiger charge is 2.33. The second kappa shape index (κ2) is 7.02. The lowest BCUT2D eigenvalue weighted by molar-refractivity contribution is -0.384. The first-order valence-electron chi connectivity index (χ1n) is 7.58. The van der Waals surface area contributed by atoms with Crippen molar-refractivity contribution in [3.05, 3.63) is 57.6 Å². The zero-order valence-corrected chi connectivity index (χ0v) is 13.5. The summed E-state index contributed by atoms with van der Waals surface area (Å²) in [5, 5.41) is 11.1. The van der Waals surface area contributed by atoms with Gasteiger partial charge in [0.15, 0.2) is 11.5 Å². The Balaban J connectivity index is 1.81. The van der Waals surface area contributed by atoms with Gasteiger partial charge in [0.05, 0.1) is 16.1 Å². The normalized spacial score (nSPS) is 13.0. The number of carbonyl (C=O) groups excluding carboxylic acids is 1. The molecule has 8 nitrogen and oxygen atoms in total. The van der Waals surface area contributed by atoms with E-state index in [1.807, 2.05) is 0 Å². The summed E-state index contributed by atoms with van der Waals surface area (Å²) >= 11 is 0. The van der Waals surface area contributed by atoms with E-state index in [9.17, 15) is 28.1 Å². The fourth-order valence-corrected chi connectivity index (χ4v) is 2.41. The lowest BCUT2D eigenvalue weighted by Gasteiger charge is -2.20. The van der Waals surface area contributed by atoms with Crippen LogP contribution in [-0.2, 0) is 6.18 Å². The Hall–Kier alpha value is -3.50. The fourth-order valence-electron chi connectivity index (χ4n) is 2.41. The van der Waals surface area contributed by atoms with Crippen LogP contribution in [0.2, 0.25) is 0 Å². The highest BCUT2D eigenvalue weighted by atomic mass is 19.4. The van der Waals surface area contributed by atoms with Crippen LogP contribution in [-0.4, -0.2) is 24.0 Å². The molecule has 0 saturated heterocycles. The minimum absolute atomic E-state index is 0.106. The van der Waals surface area contributed by atoms with Crippen molar-refractivity contribution in [2.45, 2.75) is 6.18 Å². The maximum atomic E-state index is 12.7. The number of amides is 1. The van der Waals surface area contributed by atoms with Gasteiger partial charge in [-0.05, 0) is 24.3 Å². The molecular formula is C16H12F3N3O5. The molecule has 142 valence electrons. The minimum Gasteiger partial charge on any atom is -0.486 e. The maximum Gasteiger partial charge on any atom is 0.416 e. The van der Waals surface area contributed by atoms with Crippen molar-refractivity contribution < 1.29 is 32.4 Å². The number of rotatable bonds is 4. The van der Waals surface area contributed by atoms with Crippen molar-refractivity contribution >= 4 is 17.3 Å². The van der Waals surface area contributed by atoms with Gasteiger partial charge in [0, 0.05) is 6.07 Å². The molecule has 0 spiro atoms. The van der Waals surface area contributed by atoms with E-state index in [4.69, 9.17) is 9.47 Å². The first-order chi connectivity index (χ1) is 12.8. The lowest BCUT2D eigenvalue weighted by Crippen LogP contribution is -2.31. The molecule has 0 radical (unpaired) electrons. The first kappa shape index (κ1) is 18.3. The summed E-state index contributed by atoms with van der Waals surface area (Å²) in [6, 6.07) is 6.54. The van der Waals surface area contributed by atoms with E-state index in [1.54, 1.807) is 12.1 Å². The van der Waals surface area contributed by atoms with Crippen LogP contribution in [0.3, 0.4) is 0 Å². The van der Waals surface area contributed by atoms with E-state index in [0.717, 1.165) is 6.07 Å². The SMILES string of the molecule is O=C(NNc1ccc(C(F)(F)F)cc1[N+](=O)[O-])c1cccc2c1OCCO2. The van der Waals surface area contributed by atoms with E-state index in [0.29, 0.717) is 24.5 Å². The summed E-state index contributed by atoms with van der Waals surface area (Å²) < 4.78 is 48.9. The number of halogens is 3. The number of nitrogens with zero attached hydrogens (tertiary/aromatic N) is 1. The lowest BCUT2D eigenvalue weighted by atomic mass is 10.1. The maximum absolute atomic E-state index is 12.7. The Morgan fingerprint density at radius 3 is 2.59 bits per heavy atom. The van der Waals surface area contributed by atoms with E-state index >= 15 is 0 Å². The van der Waals surface area contributed by atoms with Gasteiger partial charge in [0.1, 0.15) is 18.9 Å². The van der Waals surface area contributed by atoms with Crippen LogP contribution in [0.15, 0.2) is 36.4 Å². The van der Waals surface area contributed by atoms with Crippen molar-refractivity contribution in [1.29, 1.82) is 0 Å². The van der Waals surface area contributed by atoms with E-state index in [2.05, 4.69) is 10.9 Å². The van der Waals surface area contributed by atoms with Crippen molar-refractivity contribution in [3.8, 4) is 11.5 Å². The van der Waals surface area contributed by atoms with Gasteiger partial charge in [-0.3, -0.25) is 25.8 Å². The average molecular weight is 383 g/mol. The molecule has 11 heteroatoms. The number of nitrogens with one attached hydrogen (secondary N) is 2. The van der Waals surface area contributed by atoms with Crippen LogP contribution in [0, 0.1) is 10.1 Å². The molecule has 0 aliphatic carbocycles. The van der Waals surface area contributed by atoms with Gasteiger partial charge < -0.3 is 9.47 Å². The zero-order chi connectivity index (χ0) is 19.6. The summed E-state index contributed by atoms with van der Waals surface area (Å²) in [6.07, 6.45) is -4.73. The number of fused-ring (bicyclic) bond motifs is 1. The Morgan fingerprint density at radius 1 is 1.15 bits per heavy atom. The quantitative estimate of drug-likeness (QED) is 0.621. The highest BCUT2D eigenvalue weighted by molar-refractivity contribution is 5.98. The molecule has 1 aliphatic rings. The predicted octanol–water partition coefficient (Wildman–Crippen LogP) is 3.14. The van der Waals surface area contributed by atoms with Gasteiger partial charge in [-0.1, -0.05) is 6.07 Å². The number of hydrazine groups is 1. The molecule has 2 aromatic carbocycles. The van der Waals surface area contributed by atoms with Crippen molar-refractivity contribution in [3.63, 3.8) is 0 Å². The number of carbonyl (C=O) groups is 1. The monoisotopic (exact) mass is 383 g/mol. The smallest absolute Gasteiger partial charge is 0.416 e. The van der Waals surface area contributed by atoms with Gasteiger partial charge in [-0.2, -0.15) is 13.2 Å². The largest absolute Gasteiger partial charge is 0.486 e. The molecule has 0 saturated carbocycles. The van der Waals surface area contributed by atoms with Crippen LogP contribution in [0.1, 0.15) is 15.9 Å². The molecule has 27 heavy (non-hydrogen) atoms. The molecule has 1 amide bonds. The Labute approximate surface area is 150 Å². The molecule has 1 heterocycles. The number of benzene rings is 2. The molecule has 0 bridgehead atoms. The summed E-state index contributed by atoms with van der Waals surface area (Å²) in [4.78, 5) is 22.4. The Morgan fingerprint density at radius 2 is 1.89 bits per heavy atom. The Bertz CT molecular complexity index is 901. The number of anilines is 1. The molecule has 0 atom stereocenters. The van der Waals surface area contributed by atoms with E-state index in [-0.39, 0.29) is 23.6 Å². The third-order valence-corrected chi connectivity index (χ3v) is 3.64. The third-order valence-electron chi connectivity index (χ3n) is 3.64. The minimum atomic E-state index is -4.73. The average Bonchev–Trinajstić information content (AvgIpc) is 2.64. The Kier molecular flexibility index (Phi) is 4.75. The number of ether oxygens (including phenoxy) is 2. The molecule has 2 aromatic rings. The summed E-state index contributed by atoms with van der Waals surface area (Å²) in [7, 11) is 0.